The molecule has 0 aromatic heterocycles. The first-order valence-corrected chi connectivity index (χ1v) is 12.9. The Morgan fingerprint density at radius 1 is 1.26 bits per heavy atom. The van der Waals surface area contributed by atoms with Crippen molar-refractivity contribution in [2.75, 3.05) is 26.3 Å². The van der Waals surface area contributed by atoms with Gasteiger partial charge in [-0.2, -0.15) is 0 Å². The van der Waals surface area contributed by atoms with Crippen LogP contribution in [0.4, 0.5) is 0 Å². The Morgan fingerprint density at radius 3 is 2.60 bits per heavy atom. The molecule has 2 rings (SSSR count). The van der Waals surface area contributed by atoms with E-state index in [1.807, 2.05) is 26.0 Å². The van der Waals surface area contributed by atoms with Crippen molar-refractivity contribution in [3.63, 3.8) is 0 Å². The van der Waals surface area contributed by atoms with Crippen LogP contribution in [-0.2, 0) is 19.1 Å². The third-order valence-corrected chi connectivity index (χ3v) is 6.42. The fourth-order valence-corrected chi connectivity index (χ4v) is 4.26. The fourth-order valence-electron chi connectivity index (χ4n) is 3.75. The molecule has 1 aliphatic rings. The Morgan fingerprint density at radius 2 is 1.97 bits per heavy atom. The highest BCUT2D eigenvalue weighted by molar-refractivity contribution is 14.1. The van der Waals surface area contributed by atoms with Gasteiger partial charge in [0.2, 0.25) is 11.7 Å². The molecule has 0 aliphatic heterocycles. The van der Waals surface area contributed by atoms with E-state index in [0.717, 1.165) is 3.57 Å². The zero-order valence-electron chi connectivity index (χ0n) is 20.4. The number of benzene rings is 1. The van der Waals surface area contributed by atoms with Crippen LogP contribution in [0.3, 0.4) is 0 Å². The highest BCUT2D eigenvalue weighted by Gasteiger charge is 2.41. The number of nitrogens with zero attached hydrogens (tertiary/aromatic N) is 1. The number of carbonyl (C=O) groups excluding carboxylic acids is 3. The van der Waals surface area contributed by atoms with Gasteiger partial charge in [0, 0.05) is 38.1 Å². The van der Waals surface area contributed by atoms with E-state index in [2.05, 4.69) is 27.9 Å². The minimum absolute atomic E-state index is 0.0209. The van der Waals surface area contributed by atoms with E-state index in [1.165, 1.54) is 4.90 Å². The quantitative estimate of drug-likeness (QED) is 0.179. The monoisotopic (exact) mass is 602 g/mol. The van der Waals surface area contributed by atoms with Crippen molar-refractivity contribution in [2.45, 2.75) is 64.4 Å². The van der Waals surface area contributed by atoms with Gasteiger partial charge in [-0.05, 0) is 61.1 Å². The van der Waals surface area contributed by atoms with Gasteiger partial charge >= 0.3 is 0 Å². The van der Waals surface area contributed by atoms with Gasteiger partial charge in [0.1, 0.15) is 18.0 Å². The molecule has 2 amide bonds. The standard InChI is InChI=1S/C25H35IN2O7/c1-4-20(30)25(33)28(11-7-13-34-16(2)3)19-14-17(24(32)27-10-12-29)15-22(23(19)31)35-21-9-6-5-8-18(21)26/h5-6,8-9,15-16,19,22-23,29,31H,4,7,10-14H2,1-3H3,(H,27,32)/t19-,22+,23+/m1/s1. The number of aliphatic hydroxyl groups excluding tert-OH is 2. The van der Waals surface area contributed by atoms with Gasteiger partial charge in [-0.25, -0.2) is 0 Å². The molecule has 194 valence electrons. The van der Waals surface area contributed by atoms with E-state index >= 15 is 0 Å². The van der Waals surface area contributed by atoms with E-state index in [9.17, 15) is 19.5 Å². The van der Waals surface area contributed by atoms with Crippen molar-refractivity contribution in [1.82, 2.24) is 10.2 Å². The van der Waals surface area contributed by atoms with Gasteiger partial charge in [-0.3, -0.25) is 14.4 Å². The second-order valence-corrected chi connectivity index (χ2v) is 9.66. The minimum Gasteiger partial charge on any atom is -0.482 e. The molecule has 1 aromatic carbocycles. The number of ether oxygens (including phenoxy) is 2. The zero-order valence-corrected chi connectivity index (χ0v) is 22.6. The summed E-state index contributed by atoms with van der Waals surface area (Å²) >= 11 is 2.11. The fraction of sp³-hybridized carbons (Fsp3) is 0.560. The number of nitrogens with one attached hydrogen (secondary N) is 1. The predicted octanol–water partition coefficient (Wildman–Crippen LogP) is 1.83. The highest BCUT2D eigenvalue weighted by atomic mass is 127. The van der Waals surface area contributed by atoms with Crippen LogP contribution in [0.15, 0.2) is 35.9 Å². The van der Waals surface area contributed by atoms with E-state index in [-0.39, 0.29) is 38.6 Å². The third kappa shape index (κ3) is 8.55. The summed E-state index contributed by atoms with van der Waals surface area (Å²) in [5, 5.41) is 23.0. The first-order chi connectivity index (χ1) is 16.7. The van der Waals surface area contributed by atoms with Crippen molar-refractivity contribution >= 4 is 40.2 Å². The summed E-state index contributed by atoms with van der Waals surface area (Å²) in [5.74, 6) is -1.18. The first kappa shape index (κ1) is 29.2. The van der Waals surface area contributed by atoms with Gasteiger partial charge < -0.3 is 29.9 Å². The van der Waals surface area contributed by atoms with Gasteiger partial charge in [-0.1, -0.05) is 19.1 Å². The lowest BCUT2D eigenvalue weighted by Crippen LogP contribution is -2.56. The van der Waals surface area contributed by atoms with Crippen LogP contribution in [0.1, 0.15) is 40.0 Å². The number of aliphatic hydroxyl groups is 2. The van der Waals surface area contributed by atoms with Crippen molar-refractivity contribution in [3.05, 3.63) is 39.5 Å². The Labute approximate surface area is 220 Å². The van der Waals surface area contributed by atoms with Crippen molar-refractivity contribution in [1.29, 1.82) is 0 Å². The predicted molar refractivity (Wildman–Crippen MR) is 139 cm³/mol. The Balaban J connectivity index is 2.37. The van der Waals surface area contributed by atoms with Crippen LogP contribution < -0.4 is 10.1 Å². The molecule has 0 radical (unpaired) electrons. The van der Waals surface area contributed by atoms with Gasteiger partial charge in [0.05, 0.1) is 22.3 Å². The van der Waals surface area contributed by atoms with Crippen LogP contribution in [0.25, 0.3) is 0 Å². The summed E-state index contributed by atoms with van der Waals surface area (Å²) in [6, 6.07) is 6.40. The zero-order chi connectivity index (χ0) is 26.0. The normalized spacial score (nSPS) is 19.7. The van der Waals surface area contributed by atoms with Crippen molar-refractivity contribution in [2.24, 2.45) is 0 Å². The number of hydrogen-bond donors (Lipinski definition) is 3. The van der Waals surface area contributed by atoms with Gasteiger partial charge in [-0.15, -0.1) is 0 Å². The molecule has 1 aliphatic carbocycles. The summed E-state index contributed by atoms with van der Waals surface area (Å²) < 4.78 is 12.5. The second kappa shape index (κ2) is 14.5. The average Bonchev–Trinajstić information content (AvgIpc) is 2.84. The molecule has 0 spiro atoms. The van der Waals surface area contributed by atoms with Crippen LogP contribution in [0, 0.1) is 3.57 Å². The maximum Gasteiger partial charge on any atom is 0.290 e. The van der Waals surface area contributed by atoms with E-state index in [0.29, 0.717) is 24.4 Å². The lowest BCUT2D eigenvalue weighted by atomic mass is 9.87. The lowest BCUT2D eigenvalue weighted by Gasteiger charge is -2.40. The summed E-state index contributed by atoms with van der Waals surface area (Å²) in [6.45, 7) is 5.82. The highest BCUT2D eigenvalue weighted by Crippen LogP contribution is 2.30. The Kier molecular flexibility index (Phi) is 12.1. The number of rotatable bonds is 13. The molecule has 0 saturated heterocycles. The molecule has 0 unspecified atom stereocenters. The maximum absolute atomic E-state index is 13.0. The van der Waals surface area contributed by atoms with E-state index in [4.69, 9.17) is 14.6 Å². The number of amides is 2. The molecule has 0 saturated carbocycles. The topological polar surface area (TPSA) is 125 Å². The second-order valence-electron chi connectivity index (χ2n) is 8.49. The average molecular weight is 602 g/mol. The summed E-state index contributed by atoms with van der Waals surface area (Å²) in [7, 11) is 0. The number of carbonyl (C=O) groups is 3. The number of halogens is 1. The molecule has 0 fully saturated rings. The summed E-state index contributed by atoms with van der Waals surface area (Å²) in [6.07, 6.45) is -0.0167. The third-order valence-electron chi connectivity index (χ3n) is 5.53. The Bertz CT molecular complexity index is 906. The number of hydrogen-bond acceptors (Lipinski definition) is 7. The SMILES string of the molecule is CCC(=O)C(=O)N(CCCOC(C)C)[C@@H]1CC(C(=O)NCCO)=C[C@H](Oc2ccccc2I)[C@H]1O. The molecule has 0 heterocycles. The summed E-state index contributed by atoms with van der Waals surface area (Å²) in [5.41, 5.74) is 0.310. The number of ketones is 1. The minimum atomic E-state index is -1.18. The largest absolute Gasteiger partial charge is 0.482 e. The maximum atomic E-state index is 13.0. The molecule has 3 N–H and O–H groups in total. The van der Waals surface area contributed by atoms with Gasteiger partial charge in [0.25, 0.3) is 5.91 Å². The first-order valence-electron chi connectivity index (χ1n) is 11.8. The number of Topliss-reactive ketones (excluding diaryl/α,β-unsaturated/α-hetero) is 1. The number of para-hydroxylation sites is 1. The molecule has 0 bridgehead atoms. The van der Waals surface area contributed by atoms with Crippen molar-refractivity contribution in [3.8, 4) is 5.75 Å². The van der Waals surface area contributed by atoms with Crippen LogP contribution in [-0.4, -0.2) is 83.4 Å². The lowest BCUT2D eigenvalue weighted by molar-refractivity contribution is -0.149. The molecular weight excluding hydrogens is 567 g/mol. The summed E-state index contributed by atoms with van der Waals surface area (Å²) in [4.78, 5) is 39.5. The van der Waals surface area contributed by atoms with Crippen molar-refractivity contribution < 1.29 is 34.1 Å². The molecule has 1 aromatic rings. The molecule has 3 atom stereocenters. The smallest absolute Gasteiger partial charge is 0.290 e. The van der Waals surface area contributed by atoms with Gasteiger partial charge in [0.15, 0.2) is 0 Å². The van der Waals surface area contributed by atoms with E-state index in [1.54, 1.807) is 25.1 Å². The molecule has 10 heteroatoms. The molecule has 35 heavy (non-hydrogen) atoms. The molecular formula is C25H35IN2O7. The van der Waals surface area contributed by atoms with Crippen LogP contribution in [0.2, 0.25) is 0 Å². The Hall–Kier alpha value is -2.02. The van der Waals surface area contributed by atoms with E-state index < -0.39 is 35.8 Å². The van der Waals surface area contributed by atoms with Crippen LogP contribution in [0.5, 0.6) is 5.75 Å². The van der Waals surface area contributed by atoms with Crippen LogP contribution >= 0.6 is 22.6 Å². The molecule has 9 nitrogen and oxygen atoms in total.